The van der Waals surface area contributed by atoms with Crippen LogP contribution >= 0.6 is 11.8 Å². The van der Waals surface area contributed by atoms with Gasteiger partial charge >= 0.3 is 35.5 Å². The van der Waals surface area contributed by atoms with Gasteiger partial charge in [0.15, 0.2) is 5.16 Å². The molecule has 4 rings (SSSR count). The minimum atomic E-state index is -1.08. The number of aromatic nitrogens is 2. The molecule has 8 heteroatoms. The van der Waals surface area contributed by atoms with Crippen LogP contribution in [0.25, 0.3) is 27.5 Å². The molecule has 0 amide bonds. The van der Waals surface area contributed by atoms with Crippen LogP contribution in [0, 0.1) is 11.3 Å². The second-order valence-corrected chi connectivity index (χ2v) is 8.88. The zero-order valence-electron chi connectivity index (χ0n) is 16.7. The van der Waals surface area contributed by atoms with Crippen molar-refractivity contribution in [3.63, 3.8) is 0 Å². The molecule has 0 saturated carbocycles. The van der Waals surface area contributed by atoms with Gasteiger partial charge in [-0.05, 0) is 38.1 Å². The van der Waals surface area contributed by atoms with E-state index in [1.807, 2.05) is 53.1 Å². The molecule has 6 nitrogen and oxygen atoms in total. The zero-order valence-corrected chi connectivity index (χ0v) is 17.5. The Balaban J connectivity index is 0.00000272. The van der Waals surface area contributed by atoms with Gasteiger partial charge in [0.1, 0.15) is 10.5 Å². The van der Waals surface area contributed by atoms with Crippen LogP contribution in [-0.4, -0.2) is 62.0 Å². The van der Waals surface area contributed by atoms with Gasteiger partial charge < -0.3 is 9.84 Å². The monoisotopic (exact) mass is 441 g/mol. The predicted molar refractivity (Wildman–Crippen MR) is 125 cm³/mol. The van der Waals surface area contributed by atoms with Crippen LogP contribution in [0.5, 0.6) is 5.75 Å². The molecular weight excluding hydrogens is 421 g/mol. The van der Waals surface area contributed by atoms with E-state index in [1.165, 1.54) is 11.8 Å². The van der Waals surface area contributed by atoms with Crippen LogP contribution in [0.3, 0.4) is 0 Å². The summed E-state index contributed by atoms with van der Waals surface area (Å²) < 4.78 is 6.20. The third kappa shape index (κ3) is 4.17. The van der Waals surface area contributed by atoms with Crippen molar-refractivity contribution >= 4 is 69.1 Å². The molecule has 0 unspecified atom stereocenters. The molecule has 0 aliphatic rings. The summed E-state index contributed by atoms with van der Waals surface area (Å²) in [6.45, 7) is 3.31. The fourth-order valence-electron chi connectivity index (χ4n) is 3.31. The molecule has 3 aromatic carbocycles. The number of nitrogens with zero attached hydrogens (tertiary/aromatic N) is 3. The fourth-order valence-corrected chi connectivity index (χ4v) is 4.29. The van der Waals surface area contributed by atoms with Crippen molar-refractivity contribution in [3.05, 3.63) is 60.2 Å². The summed E-state index contributed by atoms with van der Waals surface area (Å²) in [5, 5.41) is 21.4. The molecule has 31 heavy (non-hydrogen) atoms. The van der Waals surface area contributed by atoms with E-state index in [4.69, 9.17) is 9.72 Å². The second kappa shape index (κ2) is 8.93. The van der Waals surface area contributed by atoms with Crippen LogP contribution < -0.4 is 4.74 Å². The Morgan fingerprint density at radius 3 is 2.52 bits per heavy atom. The average molecular weight is 441 g/mol. The number of carbonyl (C=O) groups is 1. The van der Waals surface area contributed by atoms with E-state index in [1.54, 1.807) is 27.0 Å². The molecule has 4 aromatic rings. The molecule has 0 aliphatic carbocycles. The van der Waals surface area contributed by atoms with Crippen molar-refractivity contribution in [1.82, 2.24) is 9.55 Å². The van der Waals surface area contributed by atoms with Gasteiger partial charge in [-0.1, -0.05) is 36.0 Å². The SMILES string of the molecule is COc1ccc2c(c1)nc(SC(C)(C)C(=O)O)n2-c1ccc(C#N)c2ccccc12.[NaH]. The van der Waals surface area contributed by atoms with Gasteiger partial charge in [0.2, 0.25) is 0 Å². The van der Waals surface area contributed by atoms with Crippen LogP contribution in [-0.2, 0) is 4.79 Å². The number of fused-ring (bicyclic) bond motifs is 2. The number of rotatable bonds is 5. The maximum absolute atomic E-state index is 11.8. The number of benzene rings is 3. The van der Waals surface area contributed by atoms with E-state index in [0.717, 1.165) is 22.0 Å². The van der Waals surface area contributed by atoms with Gasteiger partial charge in [0, 0.05) is 16.8 Å². The Labute approximate surface area is 206 Å². The first-order chi connectivity index (χ1) is 14.4. The second-order valence-electron chi connectivity index (χ2n) is 7.29. The van der Waals surface area contributed by atoms with Crippen molar-refractivity contribution < 1.29 is 14.6 Å². The fraction of sp³-hybridized carbons (Fsp3) is 0.174. The van der Waals surface area contributed by atoms with Crippen LogP contribution in [0.15, 0.2) is 59.8 Å². The number of thioether (sulfide) groups is 1. The number of ether oxygens (including phenoxy) is 1. The first-order valence-electron chi connectivity index (χ1n) is 9.27. The molecule has 1 heterocycles. The van der Waals surface area contributed by atoms with E-state index < -0.39 is 10.7 Å². The van der Waals surface area contributed by atoms with Gasteiger partial charge in [0.05, 0.1) is 35.5 Å². The first kappa shape index (κ1) is 23.2. The van der Waals surface area contributed by atoms with E-state index in [2.05, 4.69) is 6.07 Å². The van der Waals surface area contributed by atoms with Crippen molar-refractivity contribution in [3.8, 4) is 17.5 Å². The van der Waals surface area contributed by atoms with E-state index in [-0.39, 0.29) is 29.6 Å². The van der Waals surface area contributed by atoms with Crippen molar-refractivity contribution in [2.75, 3.05) is 7.11 Å². The summed E-state index contributed by atoms with van der Waals surface area (Å²) in [5.41, 5.74) is 2.95. The molecule has 0 radical (unpaired) electrons. The molecule has 1 aromatic heterocycles. The van der Waals surface area contributed by atoms with Crippen LogP contribution in [0.2, 0.25) is 0 Å². The Morgan fingerprint density at radius 1 is 1.16 bits per heavy atom. The summed E-state index contributed by atoms with van der Waals surface area (Å²) in [6.07, 6.45) is 0. The maximum atomic E-state index is 11.8. The third-order valence-electron chi connectivity index (χ3n) is 4.95. The molecular formula is C23H20N3NaO3S. The average Bonchev–Trinajstić information content (AvgIpc) is 3.08. The number of hydrogen-bond acceptors (Lipinski definition) is 5. The summed E-state index contributed by atoms with van der Waals surface area (Å²) >= 11 is 1.18. The van der Waals surface area contributed by atoms with E-state index in [9.17, 15) is 15.2 Å². The Morgan fingerprint density at radius 2 is 1.87 bits per heavy atom. The molecule has 0 spiro atoms. The number of carboxylic acid groups (broad SMARTS) is 1. The zero-order chi connectivity index (χ0) is 21.5. The standard InChI is InChI=1S/C23H19N3O3S.Na.H/c1-23(2,21(27)28)30-22-25-18-12-15(29-3)9-11-20(18)26(22)19-10-8-14(13-24)16-6-4-5-7-17(16)19;;/h4-12H,1-3H3,(H,27,28);;. The Bertz CT molecular complexity index is 1340. The van der Waals surface area contributed by atoms with Crippen LogP contribution in [0.1, 0.15) is 19.4 Å². The molecule has 0 saturated heterocycles. The number of hydrogen-bond donors (Lipinski definition) is 1. The summed E-state index contributed by atoms with van der Waals surface area (Å²) in [6, 6.07) is 19.2. The summed E-state index contributed by atoms with van der Waals surface area (Å²) in [4.78, 5) is 16.5. The molecule has 152 valence electrons. The third-order valence-corrected chi connectivity index (χ3v) is 6.10. The number of methoxy groups -OCH3 is 1. The van der Waals surface area contributed by atoms with Gasteiger partial charge in [-0.25, -0.2) is 4.98 Å². The number of nitriles is 1. The Hall–Kier alpha value is -2.50. The number of aliphatic carboxylic acids is 1. The molecule has 0 aliphatic heterocycles. The van der Waals surface area contributed by atoms with E-state index >= 15 is 0 Å². The molecule has 0 atom stereocenters. The van der Waals surface area contributed by atoms with Crippen molar-refractivity contribution in [2.24, 2.45) is 0 Å². The quantitative estimate of drug-likeness (QED) is 0.366. The van der Waals surface area contributed by atoms with Gasteiger partial charge in [-0.3, -0.25) is 9.36 Å². The van der Waals surface area contributed by atoms with Crippen molar-refractivity contribution in [1.29, 1.82) is 5.26 Å². The Kier molecular flexibility index (Phi) is 6.68. The number of imidazole rings is 1. The van der Waals surface area contributed by atoms with Gasteiger partial charge in [-0.15, -0.1) is 0 Å². The summed E-state index contributed by atoms with van der Waals surface area (Å²) in [7, 11) is 1.59. The van der Waals surface area contributed by atoms with E-state index in [0.29, 0.717) is 22.0 Å². The topological polar surface area (TPSA) is 88.1 Å². The molecule has 1 N–H and O–H groups in total. The minimum absolute atomic E-state index is 0. The molecule has 0 fully saturated rings. The first-order valence-corrected chi connectivity index (χ1v) is 10.1. The van der Waals surface area contributed by atoms with Gasteiger partial charge in [-0.2, -0.15) is 5.26 Å². The molecule has 0 bridgehead atoms. The normalized spacial score (nSPS) is 11.2. The van der Waals surface area contributed by atoms with Gasteiger partial charge in [0.25, 0.3) is 0 Å². The summed E-state index contributed by atoms with van der Waals surface area (Å²) in [5.74, 6) is -0.251. The van der Waals surface area contributed by atoms with Crippen molar-refractivity contribution in [2.45, 2.75) is 23.8 Å². The van der Waals surface area contributed by atoms with Crippen LogP contribution in [0.4, 0.5) is 0 Å². The predicted octanol–water partition coefficient (Wildman–Crippen LogP) is 4.37. The number of carboxylic acids is 1.